The minimum atomic E-state index is -3.22. The molecular formula is C23H23N3O3S. The van der Waals surface area contributed by atoms with E-state index in [9.17, 15) is 13.2 Å². The van der Waals surface area contributed by atoms with Crippen LogP contribution in [0.5, 0.6) is 0 Å². The van der Waals surface area contributed by atoms with Gasteiger partial charge in [0.05, 0.1) is 27.2 Å². The van der Waals surface area contributed by atoms with Crippen molar-refractivity contribution in [2.45, 2.75) is 31.8 Å². The largest absolute Gasteiger partial charge is 0.348 e. The zero-order chi connectivity index (χ0) is 21.3. The third kappa shape index (κ3) is 3.57. The minimum Gasteiger partial charge on any atom is -0.348 e. The molecule has 30 heavy (non-hydrogen) atoms. The van der Waals surface area contributed by atoms with Gasteiger partial charge in [-0.1, -0.05) is 19.1 Å². The molecular weight excluding hydrogens is 398 g/mol. The predicted octanol–water partition coefficient (Wildman–Crippen LogP) is 3.93. The van der Waals surface area contributed by atoms with Gasteiger partial charge in [0.15, 0.2) is 9.84 Å². The van der Waals surface area contributed by atoms with Gasteiger partial charge in [0.2, 0.25) is 0 Å². The number of nitrogens with zero attached hydrogens (tertiary/aromatic N) is 2. The number of nitrogens with one attached hydrogen (secondary N) is 1. The Hall–Kier alpha value is -3.19. The number of rotatable bonds is 6. The van der Waals surface area contributed by atoms with Gasteiger partial charge in [0.25, 0.3) is 5.91 Å². The molecule has 4 aromatic rings. The van der Waals surface area contributed by atoms with Gasteiger partial charge in [0, 0.05) is 30.2 Å². The zero-order valence-electron chi connectivity index (χ0n) is 16.9. The molecule has 0 atom stereocenters. The summed E-state index contributed by atoms with van der Waals surface area (Å²) in [6, 6.07) is 16.2. The molecule has 2 aromatic heterocycles. The summed E-state index contributed by atoms with van der Waals surface area (Å²) in [5.74, 6) is -0.120. The molecule has 0 radical (unpaired) electrons. The Morgan fingerprint density at radius 1 is 1.03 bits per heavy atom. The Morgan fingerprint density at radius 2 is 1.80 bits per heavy atom. The predicted molar refractivity (Wildman–Crippen MR) is 118 cm³/mol. The molecule has 0 aliphatic carbocycles. The molecule has 0 unspecified atom stereocenters. The lowest BCUT2D eigenvalue weighted by Gasteiger charge is -2.08. The monoisotopic (exact) mass is 421 g/mol. The summed E-state index contributed by atoms with van der Waals surface area (Å²) in [7, 11) is -3.22. The number of carbonyl (C=O) groups is 1. The Kier molecular flexibility index (Phi) is 5.30. The summed E-state index contributed by atoms with van der Waals surface area (Å²) in [5.41, 5.74) is 4.39. The van der Waals surface area contributed by atoms with E-state index >= 15 is 0 Å². The summed E-state index contributed by atoms with van der Waals surface area (Å²) in [6.07, 6.45) is 1.76. The topological polar surface area (TPSA) is 81.1 Å². The average Bonchev–Trinajstić information content (AvgIpc) is 3.10. The number of carbonyl (C=O) groups excluding carboxylic acids is 1. The van der Waals surface area contributed by atoms with Crippen LogP contribution in [0.25, 0.3) is 21.9 Å². The van der Waals surface area contributed by atoms with E-state index in [-0.39, 0.29) is 11.7 Å². The van der Waals surface area contributed by atoms with Crippen LogP contribution in [-0.4, -0.2) is 29.6 Å². The highest BCUT2D eigenvalue weighted by molar-refractivity contribution is 7.91. The first-order valence-electron chi connectivity index (χ1n) is 9.91. The molecule has 7 heteroatoms. The summed E-state index contributed by atoms with van der Waals surface area (Å²) in [4.78, 5) is 17.5. The van der Waals surface area contributed by atoms with E-state index in [1.807, 2.05) is 30.3 Å². The van der Waals surface area contributed by atoms with Gasteiger partial charge in [-0.05, 0) is 55.0 Å². The van der Waals surface area contributed by atoms with Crippen LogP contribution < -0.4 is 5.32 Å². The molecule has 1 amide bonds. The number of hydrogen-bond acceptors (Lipinski definition) is 4. The maximum atomic E-state index is 12.7. The van der Waals surface area contributed by atoms with Crippen molar-refractivity contribution in [1.29, 1.82) is 0 Å². The van der Waals surface area contributed by atoms with E-state index in [0.29, 0.717) is 17.0 Å². The molecule has 4 rings (SSSR count). The highest BCUT2D eigenvalue weighted by atomic mass is 32.2. The molecule has 0 saturated carbocycles. The maximum Gasteiger partial charge on any atom is 0.251 e. The van der Waals surface area contributed by atoms with Gasteiger partial charge >= 0.3 is 0 Å². The fraction of sp³-hybridized carbons (Fsp3) is 0.217. The van der Waals surface area contributed by atoms with Crippen molar-refractivity contribution in [2.24, 2.45) is 0 Å². The summed E-state index contributed by atoms with van der Waals surface area (Å²) < 4.78 is 26.0. The number of amides is 1. The van der Waals surface area contributed by atoms with Crippen molar-refractivity contribution in [3.63, 3.8) is 0 Å². The molecule has 154 valence electrons. The molecule has 0 bridgehead atoms. The second kappa shape index (κ2) is 7.91. The van der Waals surface area contributed by atoms with E-state index < -0.39 is 9.84 Å². The lowest BCUT2D eigenvalue weighted by molar-refractivity contribution is 0.0951. The second-order valence-electron chi connectivity index (χ2n) is 7.08. The molecule has 0 spiro atoms. The van der Waals surface area contributed by atoms with Crippen LogP contribution in [0.4, 0.5) is 0 Å². The molecule has 6 nitrogen and oxygen atoms in total. The van der Waals surface area contributed by atoms with Crippen LogP contribution >= 0.6 is 0 Å². The SMILES string of the molecule is CCn1c2ccc(C(=O)NCc3ccc(S(=O)(=O)CC)cc3)cc2c2ncccc21. The number of hydrogen-bond donors (Lipinski definition) is 1. The quantitative estimate of drug-likeness (QED) is 0.511. The van der Waals surface area contributed by atoms with Crippen molar-refractivity contribution in [3.8, 4) is 0 Å². The molecule has 0 aliphatic heterocycles. The number of fused-ring (bicyclic) bond motifs is 3. The molecule has 2 heterocycles. The third-order valence-electron chi connectivity index (χ3n) is 5.31. The molecule has 0 saturated heterocycles. The normalized spacial score (nSPS) is 11.8. The average molecular weight is 422 g/mol. The number of aryl methyl sites for hydroxylation is 1. The highest BCUT2D eigenvalue weighted by Crippen LogP contribution is 2.28. The van der Waals surface area contributed by atoms with E-state index in [4.69, 9.17) is 0 Å². The van der Waals surface area contributed by atoms with E-state index in [2.05, 4.69) is 21.8 Å². The first-order valence-corrected chi connectivity index (χ1v) is 11.6. The molecule has 0 fully saturated rings. The Balaban J connectivity index is 1.56. The standard InChI is InChI=1S/C23H23N3O3S/c1-3-26-20-12-9-17(14-19(20)22-21(26)6-5-13-24-22)23(27)25-15-16-7-10-18(11-8-16)30(28,29)4-2/h5-14H,3-4,15H2,1-2H3,(H,25,27). The first-order chi connectivity index (χ1) is 14.4. The first kappa shape index (κ1) is 20.1. The minimum absolute atomic E-state index is 0.0643. The number of sulfone groups is 1. The second-order valence-corrected chi connectivity index (χ2v) is 9.36. The van der Waals surface area contributed by atoms with E-state index in [0.717, 1.165) is 34.0 Å². The van der Waals surface area contributed by atoms with E-state index in [1.165, 1.54) is 0 Å². The van der Waals surface area contributed by atoms with Gasteiger partial charge in [-0.2, -0.15) is 0 Å². The fourth-order valence-corrected chi connectivity index (χ4v) is 4.54. The van der Waals surface area contributed by atoms with E-state index in [1.54, 1.807) is 37.4 Å². The highest BCUT2D eigenvalue weighted by Gasteiger charge is 2.14. The van der Waals surface area contributed by atoms with Crippen LogP contribution in [0.15, 0.2) is 65.7 Å². The van der Waals surface area contributed by atoms with Crippen LogP contribution in [0.3, 0.4) is 0 Å². The molecule has 2 aromatic carbocycles. The van der Waals surface area contributed by atoms with Gasteiger partial charge < -0.3 is 9.88 Å². The third-order valence-corrected chi connectivity index (χ3v) is 7.06. The fourth-order valence-electron chi connectivity index (χ4n) is 3.66. The molecule has 0 aliphatic rings. The van der Waals surface area contributed by atoms with Crippen molar-refractivity contribution in [2.75, 3.05) is 5.75 Å². The summed E-state index contributed by atoms with van der Waals surface area (Å²) in [5, 5.41) is 3.86. The van der Waals surface area contributed by atoms with Gasteiger partial charge in [-0.3, -0.25) is 9.78 Å². The van der Waals surface area contributed by atoms with Gasteiger partial charge in [0.1, 0.15) is 0 Å². The summed E-state index contributed by atoms with van der Waals surface area (Å²) in [6.45, 7) is 4.84. The van der Waals surface area contributed by atoms with Crippen LogP contribution in [0, 0.1) is 0 Å². The number of benzene rings is 2. The van der Waals surface area contributed by atoms with Crippen molar-refractivity contribution in [3.05, 3.63) is 71.9 Å². The lowest BCUT2D eigenvalue weighted by Crippen LogP contribution is -2.22. The van der Waals surface area contributed by atoms with Crippen LogP contribution in [0.2, 0.25) is 0 Å². The van der Waals surface area contributed by atoms with Crippen molar-refractivity contribution >= 4 is 37.7 Å². The number of aromatic nitrogens is 2. The Labute approximate surface area is 175 Å². The maximum absolute atomic E-state index is 12.7. The smallest absolute Gasteiger partial charge is 0.251 e. The Morgan fingerprint density at radius 3 is 2.50 bits per heavy atom. The van der Waals surface area contributed by atoms with Gasteiger partial charge in [-0.15, -0.1) is 0 Å². The van der Waals surface area contributed by atoms with Crippen LogP contribution in [-0.2, 0) is 22.9 Å². The summed E-state index contributed by atoms with van der Waals surface area (Å²) >= 11 is 0. The van der Waals surface area contributed by atoms with Crippen molar-refractivity contribution in [1.82, 2.24) is 14.9 Å². The lowest BCUT2D eigenvalue weighted by atomic mass is 10.1. The van der Waals surface area contributed by atoms with Crippen LogP contribution in [0.1, 0.15) is 29.8 Å². The molecule has 1 N–H and O–H groups in total. The zero-order valence-corrected chi connectivity index (χ0v) is 17.7. The Bertz CT molecular complexity index is 1340. The van der Waals surface area contributed by atoms with Crippen molar-refractivity contribution < 1.29 is 13.2 Å². The van der Waals surface area contributed by atoms with Gasteiger partial charge in [-0.25, -0.2) is 8.42 Å². The number of pyridine rings is 1.